The lowest BCUT2D eigenvalue weighted by atomic mass is 9.95. The number of allylic oxidation sites excluding steroid dienone is 1. The minimum atomic E-state index is -0.0888. The highest BCUT2D eigenvalue weighted by atomic mass is 16.2. The van der Waals surface area contributed by atoms with Crippen molar-refractivity contribution in [1.82, 2.24) is 10.6 Å². The molecule has 96 valence electrons. The first-order valence-electron chi connectivity index (χ1n) is 6.41. The Balaban J connectivity index is 2.52. The Labute approximate surface area is 103 Å². The van der Waals surface area contributed by atoms with Crippen molar-refractivity contribution in [2.75, 3.05) is 0 Å². The third-order valence-electron chi connectivity index (χ3n) is 2.88. The molecule has 1 saturated carbocycles. The first-order valence-corrected chi connectivity index (χ1v) is 6.41. The van der Waals surface area contributed by atoms with Gasteiger partial charge in [0.25, 0.3) is 5.91 Å². The summed E-state index contributed by atoms with van der Waals surface area (Å²) in [5.74, 6) is -0.0888. The first-order chi connectivity index (χ1) is 8.13. The third-order valence-corrected chi connectivity index (χ3v) is 2.88. The van der Waals surface area contributed by atoms with Crippen LogP contribution in [-0.2, 0) is 4.79 Å². The summed E-state index contributed by atoms with van der Waals surface area (Å²) in [6.45, 7) is 3.96. The van der Waals surface area contributed by atoms with Gasteiger partial charge in [0.2, 0.25) is 0 Å². The standard InChI is InChI=1S/C13H23N3O/c1-10(2)15-12(8-9-14)13(17)16-11-6-4-3-5-7-11/h8-11,14-15H,3-7H2,1-2H3,(H,16,17)/b12-8-,14-9?. The Bertz CT molecular complexity index is 291. The fourth-order valence-electron chi connectivity index (χ4n) is 2.09. The Morgan fingerprint density at radius 1 is 1.29 bits per heavy atom. The number of rotatable bonds is 5. The number of nitrogens with one attached hydrogen (secondary N) is 3. The largest absolute Gasteiger partial charge is 0.378 e. The van der Waals surface area contributed by atoms with Crippen molar-refractivity contribution < 1.29 is 4.79 Å². The highest BCUT2D eigenvalue weighted by molar-refractivity contribution is 5.96. The molecule has 0 spiro atoms. The summed E-state index contributed by atoms with van der Waals surface area (Å²) in [6, 6.07) is 0.498. The van der Waals surface area contributed by atoms with Crippen LogP contribution in [0.4, 0.5) is 0 Å². The van der Waals surface area contributed by atoms with Crippen molar-refractivity contribution in [3.05, 3.63) is 11.8 Å². The smallest absolute Gasteiger partial charge is 0.267 e. The van der Waals surface area contributed by atoms with Crippen molar-refractivity contribution >= 4 is 12.1 Å². The van der Waals surface area contributed by atoms with Crippen molar-refractivity contribution in [3.63, 3.8) is 0 Å². The number of carbonyl (C=O) groups excluding carboxylic acids is 1. The van der Waals surface area contributed by atoms with Gasteiger partial charge in [0.15, 0.2) is 0 Å². The molecular formula is C13H23N3O. The van der Waals surface area contributed by atoms with Crippen molar-refractivity contribution in [3.8, 4) is 0 Å². The topological polar surface area (TPSA) is 65.0 Å². The molecule has 4 nitrogen and oxygen atoms in total. The summed E-state index contributed by atoms with van der Waals surface area (Å²) in [6.07, 6.45) is 8.48. The molecule has 0 bridgehead atoms. The van der Waals surface area contributed by atoms with Crippen LogP contribution in [0, 0.1) is 5.41 Å². The number of hydrogen-bond donors (Lipinski definition) is 3. The fraction of sp³-hybridized carbons (Fsp3) is 0.692. The monoisotopic (exact) mass is 237 g/mol. The van der Waals surface area contributed by atoms with Gasteiger partial charge in [-0.15, -0.1) is 0 Å². The van der Waals surface area contributed by atoms with Crippen molar-refractivity contribution in [1.29, 1.82) is 5.41 Å². The van der Waals surface area contributed by atoms with E-state index in [1.54, 1.807) is 0 Å². The summed E-state index contributed by atoms with van der Waals surface area (Å²) in [4.78, 5) is 12.0. The van der Waals surface area contributed by atoms with Gasteiger partial charge in [-0.05, 0) is 32.8 Å². The van der Waals surface area contributed by atoms with Crippen LogP contribution in [0.5, 0.6) is 0 Å². The maximum absolute atomic E-state index is 12.0. The average molecular weight is 237 g/mol. The van der Waals surface area contributed by atoms with Crippen LogP contribution in [0.15, 0.2) is 11.8 Å². The van der Waals surface area contributed by atoms with E-state index in [0.29, 0.717) is 11.7 Å². The van der Waals surface area contributed by atoms with Crippen LogP contribution in [0.25, 0.3) is 0 Å². The second kappa shape index (κ2) is 7.09. The van der Waals surface area contributed by atoms with Crippen molar-refractivity contribution in [2.24, 2.45) is 0 Å². The van der Waals surface area contributed by atoms with E-state index in [9.17, 15) is 4.79 Å². The zero-order chi connectivity index (χ0) is 12.7. The van der Waals surface area contributed by atoms with Crippen LogP contribution in [0.1, 0.15) is 46.0 Å². The van der Waals surface area contributed by atoms with Gasteiger partial charge in [0.1, 0.15) is 5.70 Å². The summed E-state index contributed by atoms with van der Waals surface area (Å²) >= 11 is 0. The summed E-state index contributed by atoms with van der Waals surface area (Å²) in [5.41, 5.74) is 0.487. The van der Waals surface area contributed by atoms with Gasteiger partial charge >= 0.3 is 0 Å². The van der Waals surface area contributed by atoms with E-state index in [4.69, 9.17) is 5.41 Å². The van der Waals surface area contributed by atoms with Crippen LogP contribution in [0.2, 0.25) is 0 Å². The third kappa shape index (κ3) is 5.02. The molecule has 0 atom stereocenters. The van der Waals surface area contributed by atoms with Gasteiger partial charge in [-0.25, -0.2) is 0 Å². The van der Waals surface area contributed by atoms with Gasteiger partial charge in [0.05, 0.1) is 0 Å². The molecule has 3 N–H and O–H groups in total. The fourth-order valence-corrected chi connectivity index (χ4v) is 2.09. The number of carbonyl (C=O) groups is 1. The SMILES string of the molecule is CC(C)N/C(=C\C=N)C(=O)NC1CCCCC1. The van der Waals surface area contributed by atoms with Gasteiger partial charge in [-0.1, -0.05) is 19.3 Å². The molecule has 1 amide bonds. The van der Waals surface area contributed by atoms with Gasteiger partial charge in [-0.2, -0.15) is 0 Å². The summed E-state index contributed by atoms with van der Waals surface area (Å²) in [7, 11) is 0. The molecule has 4 heteroatoms. The maximum atomic E-state index is 12.0. The Kier molecular flexibility index (Phi) is 5.73. The molecule has 0 aliphatic heterocycles. The lowest BCUT2D eigenvalue weighted by Gasteiger charge is -2.24. The number of amides is 1. The molecular weight excluding hydrogens is 214 g/mol. The van der Waals surface area contributed by atoms with E-state index in [0.717, 1.165) is 19.1 Å². The lowest BCUT2D eigenvalue weighted by Crippen LogP contribution is -2.41. The van der Waals surface area contributed by atoms with Crippen LogP contribution >= 0.6 is 0 Å². The molecule has 17 heavy (non-hydrogen) atoms. The van der Waals surface area contributed by atoms with Crippen LogP contribution < -0.4 is 10.6 Å². The zero-order valence-electron chi connectivity index (χ0n) is 10.8. The van der Waals surface area contributed by atoms with E-state index >= 15 is 0 Å². The van der Waals surface area contributed by atoms with Crippen LogP contribution in [0.3, 0.4) is 0 Å². The summed E-state index contributed by atoms with van der Waals surface area (Å²) in [5, 5.41) is 13.2. The minimum absolute atomic E-state index is 0.0888. The molecule has 0 aromatic rings. The highest BCUT2D eigenvalue weighted by Gasteiger charge is 2.18. The molecule has 0 unspecified atom stereocenters. The minimum Gasteiger partial charge on any atom is -0.378 e. The molecule has 1 aliphatic rings. The highest BCUT2D eigenvalue weighted by Crippen LogP contribution is 2.17. The molecule has 0 aromatic heterocycles. The molecule has 0 saturated heterocycles. The molecule has 0 radical (unpaired) electrons. The predicted molar refractivity (Wildman–Crippen MR) is 70.2 cm³/mol. The van der Waals surface area contributed by atoms with Gasteiger partial charge in [0, 0.05) is 18.3 Å². The normalized spacial score (nSPS) is 17.9. The molecule has 0 heterocycles. The molecule has 1 aliphatic carbocycles. The predicted octanol–water partition coefficient (Wildman–Crippen LogP) is 1.97. The molecule has 0 aromatic carbocycles. The first kappa shape index (κ1) is 13.7. The van der Waals surface area contributed by atoms with Gasteiger partial charge < -0.3 is 16.0 Å². The van der Waals surface area contributed by atoms with E-state index in [1.165, 1.54) is 25.3 Å². The van der Waals surface area contributed by atoms with E-state index in [2.05, 4.69) is 10.6 Å². The van der Waals surface area contributed by atoms with Crippen LogP contribution in [-0.4, -0.2) is 24.2 Å². The second-order valence-electron chi connectivity index (χ2n) is 4.85. The lowest BCUT2D eigenvalue weighted by molar-refractivity contribution is -0.118. The molecule has 1 fully saturated rings. The summed E-state index contributed by atoms with van der Waals surface area (Å²) < 4.78 is 0. The van der Waals surface area contributed by atoms with Crippen molar-refractivity contribution in [2.45, 2.75) is 58.0 Å². The van der Waals surface area contributed by atoms with E-state index in [-0.39, 0.29) is 11.9 Å². The quantitative estimate of drug-likeness (QED) is 0.505. The average Bonchev–Trinajstić information content (AvgIpc) is 2.29. The Morgan fingerprint density at radius 3 is 2.47 bits per heavy atom. The van der Waals surface area contributed by atoms with E-state index in [1.807, 2.05) is 13.8 Å². The maximum Gasteiger partial charge on any atom is 0.267 e. The number of hydrogen-bond acceptors (Lipinski definition) is 3. The van der Waals surface area contributed by atoms with E-state index < -0.39 is 0 Å². The second-order valence-corrected chi connectivity index (χ2v) is 4.85. The Morgan fingerprint density at radius 2 is 1.94 bits per heavy atom. The Hall–Kier alpha value is -1.32. The molecule has 1 rings (SSSR count). The zero-order valence-corrected chi connectivity index (χ0v) is 10.8. The van der Waals surface area contributed by atoms with Gasteiger partial charge in [-0.3, -0.25) is 4.79 Å².